The Kier molecular flexibility index (Phi) is 5.93. The maximum Gasteiger partial charge on any atom is 0.254 e. The number of imidazole rings is 1. The van der Waals surface area contributed by atoms with Crippen molar-refractivity contribution < 1.29 is 4.79 Å². The van der Waals surface area contributed by atoms with E-state index in [1.807, 2.05) is 59.0 Å². The third-order valence-electron chi connectivity index (χ3n) is 5.25. The number of benzene rings is 2. The number of carbonyl (C=O) groups is 1. The van der Waals surface area contributed by atoms with E-state index >= 15 is 0 Å². The molecular weight excluding hydrogens is 405 g/mol. The highest BCUT2D eigenvalue weighted by Crippen LogP contribution is 2.31. The third kappa shape index (κ3) is 5.01. The van der Waals surface area contributed by atoms with Crippen LogP contribution in [0.5, 0.6) is 0 Å². The molecule has 0 N–H and O–H groups in total. The van der Waals surface area contributed by atoms with Gasteiger partial charge in [-0.05, 0) is 55.5 Å². The average molecular weight is 428 g/mol. The summed E-state index contributed by atoms with van der Waals surface area (Å²) < 4.78 is 2.04. The van der Waals surface area contributed by atoms with Gasteiger partial charge in [-0.15, -0.1) is 0 Å². The Morgan fingerprint density at radius 1 is 1.17 bits per heavy atom. The molecule has 0 atom stereocenters. The summed E-state index contributed by atoms with van der Waals surface area (Å²) in [6.45, 7) is 3.85. The first-order valence-electron chi connectivity index (χ1n) is 9.79. The predicted molar refractivity (Wildman–Crippen MR) is 116 cm³/mol. The molecule has 6 heteroatoms. The monoisotopic (exact) mass is 427 g/mol. The zero-order valence-electron chi connectivity index (χ0n) is 16.3. The SMILES string of the molecule is Cc1ccc(C(=O)N(Cc2nccn2Cc2ccc(Cl)cc2Cl)CC2CC2)cc1. The summed E-state index contributed by atoms with van der Waals surface area (Å²) in [5, 5.41) is 1.24. The molecule has 1 aliphatic carbocycles. The second kappa shape index (κ2) is 8.60. The van der Waals surface area contributed by atoms with Crippen molar-refractivity contribution in [2.24, 2.45) is 5.92 Å². The number of nitrogens with zero attached hydrogens (tertiary/aromatic N) is 3. The molecule has 0 saturated heterocycles. The molecule has 0 radical (unpaired) electrons. The minimum absolute atomic E-state index is 0.0518. The molecule has 29 heavy (non-hydrogen) atoms. The predicted octanol–water partition coefficient (Wildman–Crippen LogP) is 5.60. The molecule has 1 heterocycles. The summed E-state index contributed by atoms with van der Waals surface area (Å²) in [6.07, 6.45) is 6.07. The van der Waals surface area contributed by atoms with E-state index in [-0.39, 0.29) is 5.91 Å². The number of aryl methyl sites for hydroxylation is 1. The number of hydrogen-bond acceptors (Lipinski definition) is 2. The Hall–Kier alpha value is -2.30. The Morgan fingerprint density at radius 2 is 1.93 bits per heavy atom. The van der Waals surface area contributed by atoms with Crippen molar-refractivity contribution in [3.8, 4) is 0 Å². The van der Waals surface area contributed by atoms with Crippen molar-refractivity contribution >= 4 is 29.1 Å². The largest absolute Gasteiger partial charge is 0.331 e. The van der Waals surface area contributed by atoms with Crippen LogP contribution in [-0.2, 0) is 13.1 Å². The Labute approximate surface area is 181 Å². The van der Waals surface area contributed by atoms with E-state index in [1.165, 1.54) is 12.8 Å². The zero-order chi connectivity index (χ0) is 20.4. The lowest BCUT2D eigenvalue weighted by Crippen LogP contribution is -2.33. The van der Waals surface area contributed by atoms with Gasteiger partial charge in [-0.1, -0.05) is 47.0 Å². The molecule has 4 rings (SSSR count). The van der Waals surface area contributed by atoms with Crippen molar-refractivity contribution in [2.75, 3.05) is 6.54 Å². The zero-order valence-corrected chi connectivity index (χ0v) is 17.8. The maximum absolute atomic E-state index is 13.2. The van der Waals surface area contributed by atoms with Gasteiger partial charge < -0.3 is 9.47 Å². The minimum Gasteiger partial charge on any atom is -0.331 e. The molecule has 2 aromatic carbocycles. The van der Waals surface area contributed by atoms with Crippen LogP contribution < -0.4 is 0 Å². The molecule has 1 aromatic heterocycles. The van der Waals surface area contributed by atoms with E-state index in [2.05, 4.69) is 4.98 Å². The highest BCUT2D eigenvalue weighted by molar-refractivity contribution is 6.35. The first-order chi connectivity index (χ1) is 14.0. The third-order valence-corrected chi connectivity index (χ3v) is 5.84. The van der Waals surface area contributed by atoms with Crippen LogP contribution in [0, 0.1) is 12.8 Å². The molecule has 1 saturated carbocycles. The highest BCUT2D eigenvalue weighted by atomic mass is 35.5. The van der Waals surface area contributed by atoms with Gasteiger partial charge in [-0.2, -0.15) is 0 Å². The Morgan fingerprint density at radius 3 is 2.62 bits per heavy atom. The molecule has 0 bridgehead atoms. The standard InChI is InChI=1S/C23H23Cl2N3O/c1-16-2-6-18(7-3-16)23(29)28(13-17-4-5-17)15-22-26-10-11-27(22)14-19-8-9-20(24)12-21(19)25/h2-3,6-12,17H,4-5,13-15H2,1H3. The van der Waals surface area contributed by atoms with Crippen molar-refractivity contribution in [2.45, 2.75) is 32.9 Å². The van der Waals surface area contributed by atoms with Crippen LogP contribution in [0.2, 0.25) is 10.0 Å². The molecule has 4 nitrogen and oxygen atoms in total. The van der Waals surface area contributed by atoms with Crippen LogP contribution in [0.3, 0.4) is 0 Å². The molecular formula is C23H23Cl2N3O. The lowest BCUT2D eigenvalue weighted by molar-refractivity contribution is 0.0729. The van der Waals surface area contributed by atoms with Gasteiger partial charge in [0.05, 0.1) is 13.1 Å². The molecule has 1 amide bonds. The van der Waals surface area contributed by atoms with E-state index in [9.17, 15) is 4.79 Å². The summed E-state index contributed by atoms with van der Waals surface area (Å²) in [5.41, 5.74) is 2.83. The summed E-state index contributed by atoms with van der Waals surface area (Å²) in [7, 11) is 0. The number of aromatic nitrogens is 2. The molecule has 3 aromatic rings. The van der Waals surface area contributed by atoms with Crippen molar-refractivity contribution in [3.05, 3.63) is 87.4 Å². The molecule has 150 valence electrons. The Bertz CT molecular complexity index is 1010. The lowest BCUT2D eigenvalue weighted by Gasteiger charge is -2.23. The van der Waals surface area contributed by atoms with Crippen LogP contribution >= 0.6 is 23.2 Å². The summed E-state index contributed by atoms with van der Waals surface area (Å²) in [5.74, 6) is 1.49. The molecule has 0 unspecified atom stereocenters. The van der Waals surface area contributed by atoms with Gasteiger partial charge in [0.25, 0.3) is 5.91 Å². The van der Waals surface area contributed by atoms with Gasteiger partial charge in [0.2, 0.25) is 0 Å². The summed E-state index contributed by atoms with van der Waals surface area (Å²) >= 11 is 12.4. The van der Waals surface area contributed by atoms with Gasteiger partial charge in [0.15, 0.2) is 0 Å². The topological polar surface area (TPSA) is 38.1 Å². The second-order valence-corrected chi connectivity index (χ2v) is 8.55. The number of halogens is 2. The molecule has 1 fully saturated rings. The number of amides is 1. The van der Waals surface area contributed by atoms with Crippen LogP contribution in [-0.4, -0.2) is 26.9 Å². The van der Waals surface area contributed by atoms with Gasteiger partial charge in [-0.3, -0.25) is 4.79 Å². The van der Waals surface area contributed by atoms with Gasteiger partial charge in [-0.25, -0.2) is 4.98 Å². The minimum atomic E-state index is 0.0518. The number of rotatable bonds is 7. The lowest BCUT2D eigenvalue weighted by atomic mass is 10.1. The number of hydrogen-bond donors (Lipinski definition) is 0. The van der Waals surface area contributed by atoms with Crippen molar-refractivity contribution in [1.82, 2.24) is 14.5 Å². The quantitative estimate of drug-likeness (QED) is 0.492. The van der Waals surface area contributed by atoms with E-state index < -0.39 is 0 Å². The molecule has 0 aliphatic heterocycles. The van der Waals surface area contributed by atoms with Gasteiger partial charge in [0.1, 0.15) is 5.82 Å². The number of carbonyl (C=O) groups excluding carboxylic acids is 1. The fourth-order valence-electron chi connectivity index (χ4n) is 3.35. The maximum atomic E-state index is 13.2. The first-order valence-corrected chi connectivity index (χ1v) is 10.5. The summed E-state index contributed by atoms with van der Waals surface area (Å²) in [6, 6.07) is 13.3. The second-order valence-electron chi connectivity index (χ2n) is 7.70. The van der Waals surface area contributed by atoms with Gasteiger partial charge in [0, 0.05) is 34.5 Å². The molecule has 1 aliphatic rings. The average Bonchev–Trinajstić information content (AvgIpc) is 3.41. The van der Waals surface area contributed by atoms with Crippen LogP contribution in [0.15, 0.2) is 54.9 Å². The van der Waals surface area contributed by atoms with Crippen LogP contribution in [0.1, 0.15) is 40.2 Å². The highest BCUT2D eigenvalue weighted by Gasteiger charge is 2.28. The van der Waals surface area contributed by atoms with E-state index in [0.29, 0.717) is 29.1 Å². The fourth-order valence-corrected chi connectivity index (χ4v) is 3.82. The first kappa shape index (κ1) is 20.0. The van der Waals surface area contributed by atoms with Gasteiger partial charge >= 0.3 is 0 Å². The summed E-state index contributed by atoms with van der Waals surface area (Å²) in [4.78, 5) is 19.6. The Balaban J connectivity index is 1.54. The molecule has 0 spiro atoms. The van der Waals surface area contributed by atoms with Crippen molar-refractivity contribution in [1.29, 1.82) is 0 Å². The van der Waals surface area contributed by atoms with E-state index in [4.69, 9.17) is 23.2 Å². The smallest absolute Gasteiger partial charge is 0.254 e. The van der Waals surface area contributed by atoms with E-state index in [1.54, 1.807) is 12.3 Å². The normalized spacial score (nSPS) is 13.5. The van der Waals surface area contributed by atoms with E-state index in [0.717, 1.165) is 29.1 Å². The van der Waals surface area contributed by atoms with Crippen molar-refractivity contribution in [3.63, 3.8) is 0 Å². The van der Waals surface area contributed by atoms with Crippen LogP contribution in [0.4, 0.5) is 0 Å². The fraction of sp³-hybridized carbons (Fsp3) is 0.304. The van der Waals surface area contributed by atoms with Crippen LogP contribution in [0.25, 0.3) is 0 Å².